The molecule has 0 bridgehead atoms. The fourth-order valence-electron chi connectivity index (χ4n) is 3.26. The summed E-state index contributed by atoms with van der Waals surface area (Å²) in [4.78, 5) is 20.4. The number of nitrogens with zero attached hydrogens (tertiary/aromatic N) is 3. The monoisotopic (exact) mass is 305 g/mol. The van der Waals surface area contributed by atoms with Crippen molar-refractivity contribution in [3.05, 3.63) is 30.1 Å². The molecule has 1 saturated carbocycles. The van der Waals surface area contributed by atoms with Crippen LogP contribution in [0.1, 0.15) is 31.4 Å². The number of hydrogen-bond donors (Lipinski definition) is 1. The average Bonchev–Trinajstić information content (AvgIpc) is 2.97. The molecular weight excluding hydrogens is 278 g/mol. The fraction of sp³-hybridized carbons (Fsp3) is 0.647. The number of aromatic nitrogens is 1. The maximum atomic E-state index is 12.4. The molecule has 1 N–H and O–H groups in total. The maximum Gasteiger partial charge on any atom is 0.236 e. The van der Waals surface area contributed by atoms with Gasteiger partial charge in [0, 0.05) is 31.7 Å². The number of hydrogen-bond acceptors (Lipinski definition) is 4. The van der Waals surface area contributed by atoms with E-state index in [-0.39, 0.29) is 17.9 Å². The van der Waals surface area contributed by atoms with Crippen molar-refractivity contribution in [2.24, 2.45) is 5.41 Å². The van der Waals surface area contributed by atoms with Crippen LogP contribution < -0.4 is 0 Å². The summed E-state index contributed by atoms with van der Waals surface area (Å²) >= 11 is 0. The molecule has 0 saturated heterocycles. The van der Waals surface area contributed by atoms with Crippen LogP contribution >= 0.6 is 0 Å². The normalized spacial score (nSPS) is 16.9. The summed E-state index contributed by atoms with van der Waals surface area (Å²) in [6.07, 6.45) is 6.11. The Balaban J connectivity index is 1.83. The fourth-order valence-corrected chi connectivity index (χ4v) is 3.26. The number of carbonyl (C=O) groups is 1. The Morgan fingerprint density at radius 2 is 2.05 bits per heavy atom. The van der Waals surface area contributed by atoms with Gasteiger partial charge in [0.2, 0.25) is 5.91 Å². The van der Waals surface area contributed by atoms with Crippen molar-refractivity contribution in [1.29, 1.82) is 0 Å². The Hall–Kier alpha value is -1.46. The molecule has 0 unspecified atom stereocenters. The van der Waals surface area contributed by atoms with Gasteiger partial charge in [-0.15, -0.1) is 0 Å². The van der Waals surface area contributed by atoms with Crippen molar-refractivity contribution in [3.8, 4) is 0 Å². The minimum Gasteiger partial charge on any atom is -0.396 e. The minimum atomic E-state index is -0.0794. The quantitative estimate of drug-likeness (QED) is 0.830. The molecule has 1 aliphatic carbocycles. The molecule has 5 heteroatoms. The molecule has 5 nitrogen and oxygen atoms in total. The molecule has 1 amide bonds. The molecule has 0 aromatic carbocycles. The number of pyridine rings is 1. The predicted molar refractivity (Wildman–Crippen MR) is 86.2 cm³/mol. The van der Waals surface area contributed by atoms with Crippen molar-refractivity contribution >= 4 is 5.91 Å². The van der Waals surface area contributed by atoms with Gasteiger partial charge in [-0.25, -0.2) is 0 Å². The van der Waals surface area contributed by atoms with E-state index in [9.17, 15) is 9.90 Å². The lowest BCUT2D eigenvalue weighted by Crippen LogP contribution is -2.43. The highest BCUT2D eigenvalue weighted by Gasteiger charge is 2.35. The molecule has 122 valence electrons. The minimum absolute atomic E-state index is 0.0794. The summed E-state index contributed by atoms with van der Waals surface area (Å²) in [5.74, 6) is 0.0955. The molecule has 1 aromatic heterocycles. The lowest BCUT2D eigenvalue weighted by molar-refractivity contribution is -0.132. The van der Waals surface area contributed by atoms with E-state index in [4.69, 9.17) is 0 Å². The van der Waals surface area contributed by atoms with Gasteiger partial charge in [0.15, 0.2) is 0 Å². The summed E-state index contributed by atoms with van der Waals surface area (Å²) in [6, 6.07) is 5.80. The van der Waals surface area contributed by atoms with Crippen LogP contribution in [0.4, 0.5) is 0 Å². The van der Waals surface area contributed by atoms with Gasteiger partial charge < -0.3 is 10.0 Å². The topological polar surface area (TPSA) is 56.7 Å². The summed E-state index contributed by atoms with van der Waals surface area (Å²) in [7, 11) is 3.77. The van der Waals surface area contributed by atoms with Crippen molar-refractivity contribution < 1.29 is 9.90 Å². The van der Waals surface area contributed by atoms with E-state index in [1.54, 1.807) is 11.1 Å². The molecular formula is C17H27N3O2. The second-order valence-corrected chi connectivity index (χ2v) is 6.61. The Morgan fingerprint density at radius 1 is 1.32 bits per heavy atom. The Labute approximate surface area is 132 Å². The second kappa shape index (κ2) is 7.70. The molecule has 0 atom stereocenters. The van der Waals surface area contributed by atoms with Gasteiger partial charge in [-0.1, -0.05) is 18.9 Å². The van der Waals surface area contributed by atoms with Crippen LogP contribution in [0.3, 0.4) is 0 Å². The van der Waals surface area contributed by atoms with E-state index in [0.29, 0.717) is 19.6 Å². The highest BCUT2D eigenvalue weighted by atomic mass is 16.3. The lowest BCUT2D eigenvalue weighted by atomic mass is 9.86. The third kappa shape index (κ3) is 4.52. The van der Waals surface area contributed by atoms with Crippen molar-refractivity contribution in [2.45, 2.75) is 32.2 Å². The van der Waals surface area contributed by atoms with Crippen molar-refractivity contribution in [2.75, 3.05) is 33.8 Å². The maximum absolute atomic E-state index is 12.4. The zero-order valence-corrected chi connectivity index (χ0v) is 13.7. The average molecular weight is 305 g/mol. The van der Waals surface area contributed by atoms with Gasteiger partial charge in [-0.3, -0.25) is 14.7 Å². The largest absolute Gasteiger partial charge is 0.396 e. The number of aliphatic hydroxyl groups excluding tert-OH is 1. The number of amides is 1. The Bertz CT molecular complexity index is 472. The van der Waals surface area contributed by atoms with E-state index in [2.05, 4.69) is 4.98 Å². The van der Waals surface area contributed by atoms with E-state index in [1.807, 2.05) is 37.2 Å². The first-order chi connectivity index (χ1) is 10.5. The molecule has 0 aliphatic heterocycles. The third-order valence-electron chi connectivity index (χ3n) is 4.56. The first-order valence-corrected chi connectivity index (χ1v) is 7.98. The van der Waals surface area contributed by atoms with Gasteiger partial charge in [0.25, 0.3) is 0 Å². The van der Waals surface area contributed by atoms with Crippen LogP contribution in [-0.4, -0.2) is 59.6 Å². The number of likely N-dealkylation sites (N-methyl/N-ethyl adjacent to an activating group) is 2. The Morgan fingerprint density at radius 3 is 2.64 bits per heavy atom. The highest BCUT2D eigenvalue weighted by molar-refractivity contribution is 5.78. The second-order valence-electron chi connectivity index (χ2n) is 6.61. The van der Waals surface area contributed by atoms with E-state index in [1.165, 1.54) is 0 Å². The molecule has 1 fully saturated rings. The first-order valence-electron chi connectivity index (χ1n) is 7.98. The van der Waals surface area contributed by atoms with E-state index < -0.39 is 0 Å². The molecule has 2 rings (SSSR count). The van der Waals surface area contributed by atoms with E-state index >= 15 is 0 Å². The van der Waals surface area contributed by atoms with Crippen LogP contribution in [0.15, 0.2) is 24.4 Å². The molecule has 1 heterocycles. The van der Waals surface area contributed by atoms with Crippen LogP contribution in [0.25, 0.3) is 0 Å². The lowest BCUT2D eigenvalue weighted by Gasteiger charge is -2.32. The zero-order chi connectivity index (χ0) is 16.0. The summed E-state index contributed by atoms with van der Waals surface area (Å²) in [5.41, 5.74) is 0.882. The SMILES string of the molecule is CN(CC(=O)N(C)CC1(CO)CCCC1)Cc1ccccn1. The molecule has 0 radical (unpaired) electrons. The van der Waals surface area contributed by atoms with Crippen LogP contribution in [-0.2, 0) is 11.3 Å². The Kier molecular flexibility index (Phi) is 5.91. The summed E-state index contributed by atoms with van der Waals surface area (Å²) in [5, 5.41) is 9.67. The van der Waals surface area contributed by atoms with Crippen molar-refractivity contribution in [3.63, 3.8) is 0 Å². The standard InChI is InChI=1S/C17H27N3O2/c1-19(11-15-7-3-6-10-18-15)12-16(22)20(2)13-17(14-21)8-4-5-9-17/h3,6-7,10,21H,4-5,8-9,11-14H2,1-2H3. The zero-order valence-electron chi connectivity index (χ0n) is 13.7. The number of aliphatic hydroxyl groups is 1. The first kappa shape index (κ1) is 16.9. The number of rotatable bonds is 7. The predicted octanol–water partition coefficient (Wildman–Crippen LogP) is 1.52. The van der Waals surface area contributed by atoms with Gasteiger partial charge in [0.1, 0.15) is 0 Å². The van der Waals surface area contributed by atoms with Gasteiger partial charge in [-0.05, 0) is 32.0 Å². The van der Waals surface area contributed by atoms with Crippen LogP contribution in [0.5, 0.6) is 0 Å². The molecule has 1 aromatic rings. The van der Waals surface area contributed by atoms with Gasteiger partial charge in [0.05, 0.1) is 18.8 Å². The van der Waals surface area contributed by atoms with Crippen molar-refractivity contribution in [1.82, 2.24) is 14.8 Å². The van der Waals surface area contributed by atoms with Crippen LogP contribution in [0.2, 0.25) is 0 Å². The third-order valence-corrected chi connectivity index (χ3v) is 4.56. The molecule has 22 heavy (non-hydrogen) atoms. The molecule has 1 aliphatic rings. The smallest absolute Gasteiger partial charge is 0.236 e. The van der Waals surface area contributed by atoms with Crippen LogP contribution in [0, 0.1) is 5.41 Å². The summed E-state index contributed by atoms with van der Waals surface area (Å²) < 4.78 is 0. The van der Waals surface area contributed by atoms with Gasteiger partial charge >= 0.3 is 0 Å². The highest BCUT2D eigenvalue weighted by Crippen LogP contribution is 2.38. The van der Waals surface area contributed by atoms with E-state index in [0.717, 1.165) is 31.4 Å². The summed E-state index contributed by atoms with van der Waals surface area (Å²) in [6.45, 7) is 1.86. The molecule has 0 spiro atoms. The van der Waals surface area contributed by atoms with Gasteiger partial charge in [-0.2, -0.15) is 0 Å². The number of carbonyl (C=O) groups excluding carboxylic acids is 1.